The van der Waals surface area contributed by atoms with E-state index >= 15 is 0 Å². The van der Waals surface area contributed by atoms with Gasteiger partial charge in [0.25, 0.3) is 0 Å². The molecule has 0 fully saturated rings. The van der Waals surface area contributed by atoms with Crippen LogP contribution in [0.4, 0.5) is 18.0 Å². The highest BCUT2D eigenvalue weighted by Gasteiger charge is 2.39. The summed E-state index contributed by atoms with van der Waals surface area (Å²) in [5.74, 6) is -2.76. The van der Waals surface area contributed by atoms with Gasteiger partial charge in [0.2, 0.25) is 0 Å². The van der Waals surface area contributed by atoms with Crippen molar-refractivity contribution in [2.75, 3.05) is 25.6 Å². The van der Waals surface area contributed by atoms with Crippen LogP contribution in [-0.2, 0) is 19.3 Å². The van der Waals surface area contributed by atoms with Crippen molar-refractivity contribution in [2.45, 2.75) is 32.5 Å². The second-order valence-electron chi connectivity index (χ2n) is 5.46. The van der Waals surface area contributed by atoms with Crippen LogP contribution in [0.3, 0.4) is 0 Å². The number of halogens is 3. The second kappa shape index (κ2) is 6.63. The van der Waals surface area contributed by atoms with E-state index in [1.54, 1.807) is 20.8 Å². The average molecular weight is 332 g/mol. The maximum Gasteiger partial charge on any atom is 0.474 e. The molecule has 0 aromatic carbocycles. The summed E-state index contributed by atoms with van der Waals surface area (Å²) in [5.41, 5.74) is -0.727. The topological polar surface area (TPSA) is 76.0 Å². The number of carbonyl (C=O) groups is 2. The van der Waals surface area contributed by atoms with Gasteiger partial charge in [0.15, 0.2) is 0 Å². The Kier molecular flexibility index (Phi) is 6.21. The van der Waals surface area contributed by atoms with E-state index in [0.29, 0.717) is 0 Å². The van der Waals surface area contributed by atoms with Gasteiger partial charge in [0.1, 0.15) is 5.60 Å². The van der Waals surface area contributed by atoms with Crippen LogP contribution in [0.2, 0.25) is 0 Å². The van der Waals surface area contributed by atoms with Crippen LogP contribution >= 0.6 is 0 Å². The highest BCUT2D eigenvalue weighted by atomic mass is 32.2. The van der Waals surface area contributed by atoms with Crippen molar-refractivity contribution < 1.29 is 31.7 Å². The summed E-state index contributed by atoms with van der Waals surface area (Å²) >= 11 is 0. The summed E-state index contributed by atoms with van der Waals surface area (Å²) in [6.07, 6.45) is -4.94. The van der Waals surface area contributed by atoms with Gasteiger partial charge in [-0.15, -0.1) is 0 Å². The summed E-state index contributed by atoms with van der Waals surface area (Å²) in [6.45, 7) is 4.80. The van der Waals surface area contributed by atoms with E-state index in [4.69, 9.17) is 4.74 Å². The zero-order chi connectivity index (χ0) is 17.1. The van der Waals surface area contributed by atoms with Crippen molar-refractivity contribution in [1.82, 2.24) is 4.90 Å². The lowest BCUT2D eigenvalue weighted by atomic mass is 10.2. The molecule has 124 valence electrons. The smallest absolute Gasteiger partial charge is 0.444 e. The van der Waals surface area contributed by atoms with E-state index in [1.807, 2.05) is 0 Å². The highest BCUT2D eigenvalue weighted by molar-refractivity contribution is 7.93. The van der Waals surface area contributed by atoms with Gasteiger partial charge in [-0.3, -0.25) is 4.79 Å². The minimum Gasteiger partial charge on any atom is -0.444 e. The molecule has 1 atom stereocenters. The summed E-state index contributed by atoms with van der Waals surface area (Å²) in [5, 5.41) is 0. The Morgan fingerprint density at radius 2 is 1.71 bits per heavy atom. The number of hydrogen-bond donors (Lipinski definition) is 0. The minimum atomic E-state index is -5.16. The Bertz CT molecular complexity index is 517. The number of nitrogens with zero attached hydrogens (tertiary/aromatic N) is 2. The molecule has 0 bridgehead atoms. The van der Waals surface area contributed by atoms with E-state index in [9.17, 15) is 27.0 Å². The third-order valence-electron chi connectivity index (χ3n) is 2.03. The number of carbonyl (C=O) groups excluding carboxylic acids is 2. The van der Waals surface area contributed by atoms with Gasteiger partial charge in [-0.2, -0.15) is 17.5 Å². The quantitative estimate of drug-likeness (QED) is 0.792. The van der Waals surface area contributed by atoms with Crippen molar-refractivity contribution in [3.63, 3.8) is 0 Å². The molecule has 0 aliphatic carbocycles. The lowest BCUT2D eigenvalue weighted by Gasteiger charge is -2.24. The van der Waals surface area contributed by atoms with Gasteiger partial charge in [0.05, 0.1) is 9.73 Å². The maximum absolute atomic E-state index is 12.0. The number of amides is 2. The molecule has 0 N–H and O–H groups in total. The van der Waals surface area contributed by atoms with Gasteiger partial charge < -0.3 is 9.64 Å². The van der Waals surface area contributed by atoms with Crippen LogP contribution in [0.15, 0.2) is 4.36 Å². The molecule has 1 unspecified atom stereocenters. The van der Waals surface area contributed by atoms with E-state index in [0.717, 1.165) is 11.2 Å². The molecule has 0 rings (SSSR count). The van der Waals surface area contributed by atoms with E-state index in [-0.39, 0.29) is 12.3 Å². The Hall–Kier alpha value is -1.32. The molecule has 0 aliphatic rings. The molecule has 21 heavy (non-hydrogen) atoms. The number of ether oxygens (including phenoxy) is 1. The van der Waals surface area contributed by atoms with Crippen molar-refractivity contribution in [3.05, 3.63) is 0 Å². The molecule has 0 spiro atoms. The largest absolute Gasteiger partial charge is 0.474 e. The summed E-state index contributed by atoms with van der Waals surface area (Å²) in [7, 11) is -2.04. The van der Waals surface area contributed by atoms with Crippen LogP contribution in [0.5, 0.6) is 0 Å². The molecular formula is C11H19F3N2O4S. The Labute approximate surface area is 121 Å². The monoisotopic (exact) mass is 332 g/mol. The lowest BCUT2D eigenvalue weighted by molar-refractivity contribution is -0.169. The molecule has 0 saturated carbocycles. The van der Waals surface area contributed by atoms with E-state index < -0.39 is 33.5 Å². The zero-order valence-electron chi connectivity index (χ0n) is 12.5. The highest BCUT2D eigenvalue weighted by Crippen LogP contribution is 2.17. The molecule has 2 amide bonds. The fraction of sp³-hybridized carbons (Fsp3) is 0.818. The zero-order valence-corrected chi connectivity index (χ0v) is 13.3. The van der Waals surface area contributed by atoms with Gasteiger partial charge in [-0.1, -0.05) is 0 Å². The minimum absolute atomic E-state index is 0.154. The van der Waals surface area contributed by atoms with Crippen LogP contribution in [0.25, 0.3) is 0 Å². The fourth-order valence-corrected chi connectivity index (χ4v) is 2.17. The Morgan fingerprint density at radius 1 is 1.24 bits per heavy atom. The third-order valence-corrected chi connectivity index (χ3v) is 3.52. The first kappa shape index (κ1) is 19.7. The van der Waals surface area contributed by atoms with Gasteiger partial charge in [-0.25, -0.2) is 9.00 Å². The molecule has 0 aliphatic heterocycles. The van der Waals surface area contributed by atoms with Crippen LogP contribution in [-0.4, -0.2) is 58.5 Å². The third kappa shape index (κ3) is 8.53. The van der Waals surface area contributed by atoms with Gasteiger partial charge in [-0.05, 0) is 20.8 Å². The first-order valence-electron chi connectivity index (χ1n) is 5.89. The van der Waals surface area contributed by atoms with Crippen molar-refractivity contribution in [1.29, 1.82) is 0 Å². The van der Waals surface area contributed by atoms with Crippen LogP contribution < -0.4 is 0 Å². The summed E-state index contributed by atoms with van der Waals surface area (Å²) < 4.78 is 55.6. The molecular weight excluding hydrogens is 313 g/mol. The number of rotatable bonds is 3. The van der Waals surface area contributed by atoms with Crippen LogP contribution in [0.1, 0.15) is 20.8 Å². The maximum atomic E-state index is 12.0. The molecule has 0 saturated heterocycles. The number of hydrogen-bond acceptors (Lipinski definition) is 4. The first-order valence-corrected chi connectivity index (χ1v) is 7.98. The summed E-state index contributed by atoms with van der Waals surface area (Å²) in [6, 6.07) is 0. The molecule has 10 heteroatoms. The standard InChI is InChI=1S/C11H19F3N2O4S/c1-10(2,3)20-9(18)16(4)6-7-21(5,19)15-8(17)11(12,13)14/h6-7H2,1-5H3. The van der Waals surface area contributed by atoms with Gasteiger partial charge in [0, 0.05) is 25.6 Å². The molecule has 0 heterocycles. The average Bonchev–Trinajstić information content (AvgIpc) is 2.21. The Morgan fingerprint density at radius 3 is 2.10 bits per heavy atom. The van der Waals surface area contributed by atoms with Crippen molar-refractivity contribution in [3.8, 4) is 0 Å². The molecule has 0 radical (unpaired) electrons. The van der Waals surface area contributed by atoms with Gasteiger partial charge >= 0.3 is 18.2 Å². The van der Waals surface area contributed by atoms with E-state index in [2.05, 4.69) is 4.36 Å². The lowest BCUT2D eigenvalue weighted by Crippen LogP contribution is -2.36. The first-order chi connectivity index (χ1) is 9.14. The molecule has 0 aromatic heterocycles. The predicted molar refractivity (Wildman–Crippen MR) is 71.3 cm³/mol. The number of alkyl halides is 3. The predicted octanol–water partition coefficient (Wildman–Crippen LogP) is 2.04. The second-order valence-corrected chi connectivity index (χ2v) is 7.97. The van der Waals surface area contributed by atoms with Crippen LogP contribution in [0, 0.1) is 0 Å². The summed E-state index contributed by atoms with van der Waals surface area (Å²) in [4.78, 5) is 23.3. The molecule has 0 aromatic rings. The SMILES string of the molecule is CN(CCS(C)(=O)=NC(=O)C(F)(F)F)C(=O)OC(C)(C)C. The Balaban J connectivity index is 4.71. The van der Waals surface area contributed by atoms with Crippen molar-refractivity contribution >= 4 is 21.7 Å². The normalized spacial score (nSPS) is 15.0. The molecule has 6 nitrogen and oxygen atoms in total. The fourth-order valence-electron chi connectivity index (χ4n) is 1.01. The van der Waals surface area contributed by atoms with Crippen molar-refractivity contribution in [2.24, 2.45) is 4.36 Å². The van der Waals surface area contributed by atoms with E-state index in [1.165, 1.54) is 7.05 Å².